The van der Waals surface area contributed by atoms with Crippen molar-refractivity contribution in [2.45, 2.75) is 6.61 Å². The minimum Gasteiger partial charge on any atom is -0.489 e. The first-order valence-corrected chi connectivity index (χ1v) is 7.22. The van der Waals surface area contributed by atoms with Crippen molar-refractivity contribution in [2.24, 2.45) is 0 Å². The summed E-state index contributed by atoms with van der Waals surface area (Å²) in [5.41, 5.74) is 1.67. The number of carbonyl (C=O) groups is 1. The molecular weight excluding hydrogens is 331 g/mol. The Kier molecular flexibility index (Phi) is 5.68. The molecule has 0 radical (unpaired) electrons. The molecule has 0 spiro atoms. The summed E-state index contributed by atoms with van der Waals surface area (Å²) < 4.78 is 5.68. The van der Waals surface area contributed by atoms with Gasteiger partial charge in [0, 0.05) is 15.6 Å². The van der Waals surface area contributed by atoms with E-state index in [4.69, 9.17) is 39.5 Å². The summed E-state index contributed by atoms with van der Waals surface area (Å²) in [6, 6.07) is 12.6. The minimum absolute atomic E-state index is 0.331. The van der Waals surface area contributed by atoms with Crippen molar-refractivity contribution < 1.29 is 9.53 Å². The van der Waals surface area contributed by atoms with E-state index in [-0.39, 0.29) is 0 Å². The summed E-state index contributed by atoms with van der Waals surface area (Å²) in [4.78, 5) is 10.7. The van der Waals surface area contributed by atoms with Gasteiger partial charge in [0.1, 0.15) is 12.4 Å². The minimum atomic E-state index is -0.519. The fourth-order valence-electron chi connectivity index (χ4n) is 1.67. The van der Waals surface area contributed by atoms with E-state index in [2.05, 4.69) is 0 Å². The molecule has 0 amide bonds. The molecule has 2 aromatic carbocycles. The van der Waals surface area contributed by atoms with Crippen LogP contribution in [0.15, 0.2) is 48.5 Å². The molecule has 2 rings (SSSR count). The third-order valence-electron chi connectivity index (χ3n) is 2.67. The zero-order valence-corrected chi connectivity index (χ0v) is 13.1. The Balaban J connectivity index is 2.06. The first-order chi connectivity index (χ1) is 10.0. The molecule has 2 nitrogen and oxygen atoms in total. The standard InChI is InChI=1S/C16H11Cl3O2/c17-13-6-5-12(15(18)9-13)10-21-14-3-1-2-11(8-14)4-7-16(19)20/h1-9H,10H2/b7-4+. The van der Waals surface area contributed by atoms with Crippen molar-refractivity contribution in [3.05, 3.63) is 69.7 Å². The molecule has 0 fully saturated rings. The zero-order valence-electron chi connectivity index (χ0n) is 10.9. The van der Waals surface area contributed by atoms with Gasteiger partial charge in [-0.2, -0.15) is 0 Å². The van der Waals surface area contributed by atoms with Gasteiger partial charge in [0.15, 0.2) is 0 Å². The molecule has 21 heavy (non-hydrogen) atoms. The van der Waals surface area contributed by atoms with Gasteiger partial charge in [-0.05, 0) is 47.5 Å². The summed E-state index contributed by atoms with van der Waals surface area (Å²) in [6.07, 6.45) is 2.91. The highest BCUT2D eigenvalue weighted by Gasteiger charge is 2.03. The fourth-order valence-corrected chi connectivity index (χ4v) is 2.20. The van der Waals surface area contributed by atoms with E-state index in [0.717, 1.165) is 11.1 Å². The van der Waals surface area contributed by atoms with Crippen molar-refractivity contribution in [2.75, 3.05) is 0 Å². The molecule has 0 aliphatic carbocycles. The first kappa shape index (κ1) is 15.9. The molecule has 2 aromatic rings. The number of benzene rings is 2. The summed E-state index contributed by atoms with van der Waals surface area (Å²) in [7, 11) is 0. The van der Waals surface area contributed by atoms with Crippen molar-refractivity contribution in [3.63, 3.8) is 0 Å². The Labute approximate surface area is 137 Å². The highest BCUT2D eigenvalue weighted by molar-refractivity contribution is 6.66. The van der Waals surface area contributed by atoms with Crippen LogP contribution in [0.25, 0.3) is 6.08 Å². The maximum atomic E-state index is 10.7. The Morgan fingerprint density at radius 3 is 2.67 bits per heavy atom. The number of rotatable bonds is 5. The second-order valence-corrected chi connectivity index (χ2v) is 5.45. The van der Waals surface area contributed by atoms with E-state index in [0.29, 0.717) is 22.4 Å². The predicted octanol–water partition coefficient (Wildman–Crippen LogP) is 5.35. The normalized spacial score (nSPS) is 10.8. The van der Waals surface area contributed by atoms with Crippen LogP contribution >= 0.6 is 34.8 Å². The first-order valence-electron chi connectivity index (χ1n) is 6.09. The number of hydrogen-bond acceptors (Lipinski definition) is 2. The molecular formula is C16H11Cl3O2. The van der Waals surface area contributed by atoms with Gasteiger partial charge in [-0.1, -0.05) is 47.5 Å². The Morgan fingerprint density at radius 1 is 1.14 bits per heavy atom. The lowest BCUT2D eigenvalue weighted by molar-refractivity contribution is -0.107. The third-order valence-corrected chi connectivity index (χ3v) is 3.39. The average molecular weight is 342 g/mol. The fraction of sp³-hybridized carbons (Fsp3) is 0.0625. The maximum Gasteiger partial charge on any atom is 0.245 e. The van der Waals surface area contributed by atoms with Gasteiger partial charge >= 0.3 is 0 Å². The van der Waals surface area contributed by atoms with Gasteiger partial charge in [0.25, 0.3) is 0 Å². The van der Waals surface area contributed by atoms with Gasteiger partial charge < -0.3 is 4.74 Å². The monoisotopic (exact) mass is 340 g/mol. The molecule has 0 aromatic heterocycles. The number of hydrogen-bond donors (Lipinski definition) is 0. The number of halogens is 3. The SMILES string of the molecule is O=C(Cl)/C=C/c1cccc(OCc2ccc(Cl)cc2Cl)c1. The predicted molar refractivity (Wildman–Crippen MR) is 87.1 cm³/mol. The molecule has 0 heterocycles. The third kappa shape index (κ3) is 5.09. The topological polar surface area (TPSA) is 26.3 Å². The van der Waals surface area contributed by atoms with Crippen LogP contribution in [0.4, 0.5) is 0 Å². The largest absolute Gasteiger partial charge is 0.489 e. The van der Waals surface area contributed by atoms with Crippen LogP contribution in [0.3, 0.4) is 0 Å². The van der Waals surface area contributed by atoms with E-state index in [1.807, 2.05) is 24.3 Å². The van der Waals surface area contributed by atoms with Crippen molar-refractivity contribution in [3.8, 4) is 5.75 Å². The Morgan fingerprint density at radius 2 is 1.95 bits per heavy atom. The van der Waals surface area contributed by atoms with Crippen LogP contribution in [0.1, 0.15) is 11.1 Å². The zero-order chi connectivity index (χ0) is 15.2. The van der Waals surface area contributed by atoms with E-state index in [1.54, 1.807) is 24.3 Å². The second-order valence-electron chi connectivity index (χ2n) is 4.23. The Bertz CT molecular complexity index is 681. The molecule has 0 bridgehead atoms. The molecule has 0 unspecified atom stereocenters. The van der Waals surface area contributed by atoms with Gasteiger partial charge in [0.05, 0.1) is 0 Å². The van der Waals surface area contributed by atoms with Gasteiger partial charge in [-0.15, -0.1) is 0 Å². The van der Waals surface area contributed by atoms with Crippen molar-refractivity contribution in [1.29, 1.82) is 0 Å². The summed E-state index contributed by atoms with van der Waals surface area (Å²) in [6.45, 7) is 0.331. The van der Waals surface area contributed by atoms with E-state index in [9.17, 15) is 4.79 Å². The second kappa shape index (κ2) is 7.51. The van der Waals surface area contributed by atoms with Crippen molar-refractivity contribution in [1.82, 2.24) is 0 Å². The lowest BCUT2D eigenvalue weighted by atomic mass is 10.2. The highest BCUT2D eigenvalue weighted by atomic mass is 35.5. The van der Waals surface area contributed by atoms with Crippen LogP contribution in [0.2, 0.25) is 10.0 Å². The molecule has 0 saturated carbocycles. The quantitative estimate of drug-likeness (QED) is 0.541. The molecule has 0 aliphatic heterocycles. The van der Waals surface area contributed by atoms with Gasteiger partial charge in [-0.25, -0.2) is 0 Å². The molecule has 0 N–H and O–H groups in total. The lowest BCUT2D eigenvalue weighted by Gasteiger charge is -2.08. The molecule has 0 aliphatic rings. The van der Waals surface area contributed by atoms with E-state index < -0.39 is 5.24 Å². The van der Waals surface area contributed by atoms with E-state index >= 15 is 0 Å². The summed E-state index contributed by atoms with van der Waals surface area (Å²) in [5.74, 6) is 0.671. The van der Waals surface area contributed by atoms with Crippen LogP contribution in [0.5, 0.6) is 5.75 Å². The summed E-state index contributed by atoms with van der Waals surface area (Å²) in [5, 5.41) is 0.627. The summed E-state index contributed by atoms with van der Waals surface area (Å²) >= 11 is 17.2. The van der Waals surface area contributed by atoms with Crippen LogP contribution in [-0.2, 0) is 11.4 Å². The number of ether oxygens (including phenoxy) is 1. The van der Waals surface area contributed by atoms with E-state index in [1.165, 1.54) is 6.08 Å². The molecule has 5 heteroatoms. The Hall–Kier alpha value is -1.48. The lowest BCUT2D eigenvalue weighted by Crippen LogP contribution is -1.96. The van der Waals surface area contributed by atoms with Gasteiger partial charge in [-0.3, -0.25) is 4.79 Å². The maximum absolute atomic E-state index is 10.7. The highest BCUT2D eigenvalue weighted by Crippen LogP contribution is 2.23. The molecule has 108 valence electrons. The average Bonchev–Trinajstić information content (AvgIpc) is 2.45. The number of allylic oxidation sites excluding steroid dienone is 1. The van der Waals surface area contributed by atoms with Gasteiger partial charge in [0.2, 0.25) is 5.24 Å². The molecule has 0 saturated heterocycles. The molecule has 0 atom stereocenters. The smallest absolute Gasteiger partial charge is 0.245 e. The van der Waals surface area contributed by atoms with Crippen LogP contribution in [-0.4, -0.2) is 5.24 Å². The van der Waals surface area contributed by atoms with Crippen molar-refractivity contribution >= 4 is 46.1 Å². The van der Waals surface area contributed by atoms with Crippen LogP contribution in [0, 0.1) is 0 Å². The van der Waals surface area contributed by atoms with Crippen LogP contribution < -0.4 is 4.74 Å². The number of carbonyl (C=O) groups excluding carboxylic acids is 1.